The van der Waals surface area contributed by atoms with Gasteiger partial charge < -0.3 is 5.32 Å². The minimum atomic E-state index is 0.638. The molecule has 1 N–H and O–H groups in total. The fraction of sp³-hybridized carbons (Fsp3) is 0.684. The molecule has 1 aromatic rings. The summed E-state index contributed by atoms with van der Waals surface area (Å²) in [7, 11) is 0. The van der Waals surface area contributed by atoms with Crippen LogP contribution in [0.4, 0.5) is 5.69 Å². The first kappa shape index (κ1) is 16.4. The maximum absolute atomic E-state index is 3.85. The van der Waals surface area contributed by atoms with Crippen LogP contribution in [0.25, 0.3) is 0 Å². The molecule has 0 aliphatic heterocycles. The molecule has 0 bridgehead atoms. The van der Waals surface area contributed by atoms with Crippen LogP contribution in [0.2, 0.25) is 0 Å². The summed E-state index contributed by atoms with van der Waals surface area (Å²) < 4.78 is 0. The Bertz CT molecular complexity index is 425. The van der Waals surface area contributed by atoms with E-state index in [1.807, 2.05) is 0 Å². The highest BCUT2D eigenvalue weighted by atomic mass is 15.1. The van der Waals surface area contributed by atoms with Gasteiger partial charge in [-0.1, -0.05) is 45.9 Å². The van der Waals surface area contributed by atoms with Gasteiger partial charge in [0.15, 0.2) is 0 Å². The van der Waals surface area contributed by atoms with Crippen LogP contribution in [-0.4, -0.2) is 24.0 Å². The van der Waals surface area contributed by atoms with Gasteiger partial charge in [-0.3, -0.25) is 4.90 Å². The third-order valence-electron chi connectivity index (χ3n) is 5.08. The van der Waals surface area contributed by atoms with Crippen molar-refractivity contribution in [3.63, 3.8) is 0 Å². The van der Waals surface area contributed by atoms with Gasteiger partial charge in [0.2, 0.25) is 0 Å². The summed E-state index contributed by atoms with van der Waals surface area (Å²) in [5.41, 5.74) is 2.78. The number of hydrogen-bond donors (Lipinski definition) is 1. The van der Waals surface area contributed by atoms with Crippen molar-refractivity contribution in [3.8, 4) is 0 Å². The molecular weight excluding hydrogens is 256 g/mol. The second-order valence-electron chi connectivity index (χ2n) is 6.76. The van der Waals surface area contributed by atoms with Crippen molar-refractivity contribution in [1.82, 2.24) is 4.90 Å². The van der Waals surface area contributed by atoms with Crippen LogP contribution in [-0.2, 0) is 6.54 Å². The van der Waals surface area contributed by atoms with Gasteiger partial charge in [-0.25, -0.2) is 0 Å². The number of benzene rings is 1. The molecule has 1 aliphatic rings. The van der Waals surface area contributed by atoms with Crippen molar-refractivity contribution in [3.05, 3.63) is 29.8 Å². The molecule has 2 heteroatoms. The van der Waals surface area contributed by atoms with E-state index >= 15 is 0 Å². The Hall–Kier alpha value is -1.02. The molecule has 118 valence electrons. The lowest BCUT2D eigenvalue weighted by Crippen LogP contribution is -2.33. The number of rotatable bonds is 6. The molecule has 1 saturated carbocycles. The Balaban J connectivity index is 2.06. The highest BCUT2D eigenvalue weighted by molar-refractivity contribution is 5.52. The second-order valence-corrected chi connectivity index (χ2v) is 6.76. The Morgan fingerprint density at radius 2 is 1.81 bits per heavy atom. The Kier molecular flexibility index (Phi) is 6.10. The molecule has 21 heavy (non-hydrogen) atoms. The van der Waals surface area contributed by atoms with E-state index in [4.69, 9.17) is 0 Å². The van der Waals surface area contributed by atoms with Gasteiger partial charge in [-0.05, 0) is 55.8 Å². The van der Waals surface area contributed by atoms with Crippen molar-refractivity contribution < 1.29 is 0 Å². The van der Waals surface area contributed by atoms with Crippen molar-refractivity contribution in [2.45, 2.75) is 59.5 Å². The van der Waals surface area contributed by atoms with E-state index in [1.54, 1.807) is 0 Å². The predicted octanol–water partition coefficient (Wildman–Crippen LogP) is 4.77. The summed E-state index contributed by atoms with van der Waals surface area (Å²) in [6.45, 7) is 12.5. The van der Waals surface area contributed by atoms with Gasteiger partial charge >= 0.3 is 0 Å². The van der Waals surface area contributed by atoms with Crippen molar-refractivity contribution >= 4 is 5.69 Å². The van der Waals surface area contributed by atoms with Crippen molar-refractivity contribution in [2.24, 2.45) is 11.8 Å². The fourth-order valence-corrected chi connectivity index (χ4v) is 3.57. The van der Waals surface area contributed by atoms with Crippen LogP contribution < -0.4 is 5.32 Å². The molecule has 2 rings (SSSR count). The highest BCUT2D eigenvalue weighted by Crippen LogP contribution is 2.31. The maximum atomic E-state index is 3.85. The standard InChI is InChI=1S/C19H32N2/c1-5-21(6-2)14-17-9-7-8-10-19(17)20-18-12-11-15(3)13-16(18)4/h7-10,15-16,18,20H,5-6,11-14H2,1-4H3. The fourth-order valence-electron chi connectivity index (χ4n) is 3.57. The summed E-state index contributed by atoms with van der Waals surface area (Å²) in [4.78, 5) is 2.48. The van der Waals surface area contributed by atoms with Crippen LogP contribution >= 0.6 is 0 Å². The minimum Gasteiger partial charge on any atom is -0.382 e. The number of hydrogen-bond acceptors (Lipinski definition) is 2. The SMILES string of the molecule is CCN(CC)Cc1ccccc1NC1CCC(C)CC1C. The number of anilines is 1. The third-order valence-corrected chi connectivity index (χ3v) is 5.08. The molecule has 0 amide bonds. The zero-order chi connectivity index (χ0) is 15.2. The van der Waals surface area contributed by atoms with Crippen LogP contribution in [0.5, 0.6) is 0 Å². The monoisotopic (exact) mass is 288 g/mol. The summed E-state index contributed by atoms with van der Waals surface area (Å²) in [5, 5.41) is 3.85. The Labute approximate surface area is 130 Å². The van der Waals surface area contributed by atoms with Crippen molar-refractivity contribution in [2.75, 3.05) is 18.4 Å². The molecule has 3 unspecified atom stereocenters. The zero-order valence-corrected chi connectivity index (χ0v) is 14.2. The molecule has 1 aliphatic carbocycles. The first-order valence-electron chi connectivity index (χ1n) is 8.70. The highest BCUT2D eigenvalue weighted by Gasteiger charge is 2.25. The van der Waals surface area contributed by atoms with E-state index in [9.17, 15) is 0 Å². The Morgan fingerprint density at radius 1 is 1.10 bits per heavy atom. The van der Waals surface area contributed by atoms with Gasteiger partial charge in [-0.2, -0.15) is 0 Å². The van der Waals surface area contributed by atoms with Gasteiger partial charge in [0, 0.05) is 18.3 Å². The van der Waals surface area contributed by atoms with Gasteiger partial charge in [0.25, 0.3) is 0 Å². The Morgan fingerprint density at radius 3 is 2.48 bits per heavy atom. The first-order chi connectivity index (χ1) is 10.1. The topological polar surface area (TPSA) is 15.3 Å². The summed E-state index contributed by atoms with van der Waals surface area (Å²) in [6.07, 6.45) is 4.03. The number of nitrogens with zero attached hydrogens (tertiary/aromatic N) is 1. The van der Waals surface area contributed by atoms with E-state index in [-0.39, 0.29) is 0 Å². The predicted molar refractivity (Wildman–Crippen MR) is 92.7 cm³/mol. The molecule has 0 aromatic heterocycles. The normalized spacial score (nSPS) is 26.0. The van der Waals surface area contributed by atoms with Crippen molar-refractivity contribution in [1.29, 1.82) is 0 Å². The smallest absolute Gasteiger partial charge is 0.0388 e. The van der Waals surface area contributed by atoms with E-state index in [1.165, 1.54) is 30.5 Å². The molecule has 2 nitrogen and oxygen atoms in total. The molecule has 1 fully saturated rings. The zero-order valence-electron chi connectivity index (χ0n) is 14.2. The van der Waals surface area contributed by atoms with Crippen LogP contribution in [0.1, 0.15) is 52.5 Å². The summed E-state index contributed by atoms with van der Waals surface area (Å²) in [6, 6.07) is 9.49. The summed E-state index contributed by atoms with van der Waals surface area (Å²) >= 11 is 0. The maximum Gasteiger partial charge on any atom is 0.0388 e. The van der Waals surface area contributed by atoms with Gasteiger partial charge in [-0.15, -0.1) is 0 Å². The molecule has 0 saturated heterocycles. The second kappa shape index (κ2) is 7.84. The van der Waals surface area contributed by atoms with Gasteiger partial charge in [0.05, 0.1) is 0 Å². The first-order valence-corrected chi connectivity index (χ1v) is 8.70. The average molecular weight is 288 g/mol. The van der Waals surface area contributed by atoms with E-state index < -0.39 is 0 Å². The lowest BCUT2D eigenvalue weighted by molar-refractivity contribution is 0.275. The number of para-hydroxylation sites is 1. The number of nitrogens with one attached hydrogen (secondary N) is 1. The van der Waals surface area contributed by atoms with Gasteiger partial charge in [0.1, 0.15) is 0 Å². The van der Waals surface area contributed by atoms with Crippen LogP contribution in [0.15, 0.2) is 24.3 Å². The molecule has 1 aromatic carbocycles. The van der Waals surface area contributed by atoms with Crippen LogP contribution in [0, 0.1) is 11.8 Å². The third kappa shape index (κ3) is 4.47. The quantitative estimate of drug-likeness (QED) is 0.811. The lowest BCUT2D eigenvalue weighted by atomic mass is 9.79. The molecular formula is C19H32N2. The lowest BCUT2D eigenvalue weighted by Gasteiger charge is -2.34. The van der Waals surface area contributed by atoms with E-state index in [2.05, 4.69) is 62.2 Å². The molecule has 0 spiro atoms. The van der Waals surface area contributed by atoms with E-state index in [0.29, 0.717) is 6.04 Å². The van der Waals surface area contributed by atoms with Crippen LogP contribution in [0.3, 0.4) is 0 Å². The largest absolute Gasteiger partial charge is 0.382 e. The molecule has 3 atom stereocenters. The summed E-state index contributed by atoms with van der Waals surface area (Å²) in [5.74, 6) is 1.67. The average Bonchev–Trinajstić information content (AvgIpc) is 2.49. The molecule has 0 heterocycles. The molecule has 0 radical (unpaired) electrons. The minimum absolute atomic E-state index is 0.638. The van der Waals surface area contributed by atoms with E-state index in [0.717, 1.165) is 31.5 Å².